The fourth-order valence-corrected chi connectivity index (χ4v) is 5.44. The lowest BCUT2D eigenvalue weighted by atomic mass is 9.84. The standard InChI is InChI=1S/C26H32O5S/c1-3-4-5-9-21(27)17-10-12-18(13-11-17)24-19(16-22(28)25(24)29)7-6-8-20-14-15-23(32-20)26(30)31-2/h10-15,19,21,24,27H,3-9,16H2,1-2H3. The first kappa shape index (κ1) is 24.3. The summed E-state index contributed by atoms with van der Waals surface area (Å²) < 4.78 is 4.75. The van der Waals surface area contributed by atoms with Crippen molar-refractivity contribution in [1.29, 1.82) is 0 Å². The van der Waals surface area contributed by atoms with E-state index in [1.807, 2.05) is 30.3 Å². The number of thiophene rings is 1. The van der Waals surface area contributed by atoms with Gasteiger partial charge in [-0.1, -0.05) is 50.5 Å². The zero-order valence-corrected chi connectivity index (χ0v) is 19.7. The summed E-state index contributed by atoms with van der Waals surface area (Å²) in [5.41, 5.74) is 1.72. The van der Waals surface area contributed by atoms with E-state index in [-0.39, 0.29) is 23.5 Å². The van der Waals surface area contributed by atoms with Crippen molar-refractivity contribution < 1.29 is 24.2 Å². The van der Waals surface area contributed by atoms with Crippen LogP contribution in [0.5, 0.6) is 0 Å². The lowest BCUT2D eigenvalue weighted by Gasteiger charge is -2.19. The van der Waals surface area contributed by atoms with Crippen LogP contribution in [0, 0.1) is 5.92 Å². The molecule has 0 bridgehead atoms. The van der Waals surface area contributed by atoms with E-state index in [0.717, 1.165) is 60.9 Å². The van der Waals surface area contributed by atoms with Crippen molar-refractivity contribution in [2.75, 3.05) is 7.11 Å². The maximum Gasteiger partial charge on any atom is 0.348 e. The van der Waals surface area contributed by atoms with E-state index in [9.17, 15) is 19.5 Å². The van der Waals surface area contributed by atoms with Gasteiger partial charge < -0.3 is 9.84 Å². The third kappa shape index (κ3) is 5.93. The number of ether oxygens (including phenoxy) is 1. The number of esters is 1. The monoisotopic (exact) mass is 456 g/mol. The quantitative estimate of drug-likeness (QED) is 0.278. The molecule has 0 amide bonds. The number of ketones is 2. The fraction of sp³-hybridized carbons (Fsp3) is 0.500. The van der Waals surface area contributed by atoms with E-state index in [4.69, 9.17) is 4.74 Å². The zero-order chi connectivity index (χ0) is 23.1. The molecule has 3 unspecified atom stereocenters. The minimum Gasteiger partial charge on any atom is -0.465 e. The summed E-state index contributed by atoms with van der Waals surface area (Å²) >= 11 is 1.43. The van der Waals surface area contributed by atoms with Crippen molar-refractivity contribution in [2.24, 2.45) is 5.92 Å². The molecule has 32 heavy (non-hydrogen) atoms. The molecule has 1 aliphatic carbocycles. The van der Waals surface area contributed by atoms with E-state index >= 15 is 0 Å². The number of Topliss-reactive ketones (excluding diaryl/α,β-unsaturated/α-hetero) is 2. The number of hydrogen-bond donors (Lipinski definition) is 1. The largest absolute Gasteiger partial charge is 0.465 e. The Bertz CT molecular complexity index is 930. The molecule has 0 saturated heterocycles. The molecule has 2 aromatic rings. The summed E-state index contributed by atoms with van der Waals surface area (Å²) in [5.74, 6) is -1.31. The van der Waals surface area contributed by atoms with Gasteiger partial charge in [0.05, 0.1) is 19.1 Å². The molecule has 0 aliphatic heterocycles. The molecular formula is C26H32O5S. The van der Waals surface area contributed by atoms with Crippen LogP contribution in [0.1, 0.15) is 89.6 Å². The molecule has 0 spiro atoms. The van der Waals surface area contributed by atoms with Crippen LogP contribution in [0.25, 0.3) is 0 Å². The molecular weight excluding hydrogens is 424 g/mol. The van der Waals surface area contributed by atoms with Gasteiger partial charge in [-0.3, -0.25) is 9.59 Å². The van der Waals surface area contributed by atoms with Gasteiger partial charge in [-0.15, -0.1) is 11.3 Å². The Morgan fingerprint density at radius 1 is 1.12 bits per heavy atom. The highest BCUT2D eigenvalue weighted by molar-refractivity contribution is 7.13. The first-order valence-corrected chi connectivity index (χ1v) is 12.3. The topological polar surface area (TPSA) is 80.7 Å². The highest BCUT2D eigenvalue weighted by Gasteiger charge is 2.41. The third-order valence-corrected chi connectivity index (χ3v) is 7.41. The van der Waals surface area contributed by atoms with Gasteiger partial charge in [-0.2, -0.15) is 0 Å². The molecule has 1 aliphatic rings. The van der Waals surface area contributed by atoms with Crippen molar-refractivity contribution in [3.63, 3.8) is 0 Å². The summed E-state index contributed by atoms with van der Waals surface area (Å²) in [6, 6.07) is 11.3. The molecule has 1 aromatic heterocycles. The Balaban J connectivity index is 1.60. The maximum absolute atomic E-state index is 12.6. The van der Waals surface area contributed by atoms with Gasteiger partial charge >= 0.3 is 5.97 Å². The fourth-order valence-electron chi connectivity index (χ4n) is 4.48. The van der Waals surface area contributed by atoms with Crippen LogP contribution < -0.4 is 0 Å². The average molecular weight is 457 g/mol. The molecule has 1 saturated carbocycles. The number of methoxy groups -OCH3 is 1. The molecule has 1 heterocycles. The van der Waals surface area contributed by atoms with Crippen LogP contribution >= 0.6 is 11.3 Å². The van der Waals surface area contributed by atoms with Gasteiger partial charge in [-0.05, 0) is 54.9 Å². The molecule has 172 valence electrons. The van der Waals surface area contributed by atoms with E-state index < -0.39 is 12.0 Å². The van der Waals surface area contributed by atoms with Gasteiger partial charge in [-0.25, -0.2) is 4.79 Å². The number of unbranched alkanes of at least 4 members (excludes halogenated alkanes) is 2. The van der Waals surface area contributed by atoms with Crippen LogP contribution in [0.3, 0.4) is 0 Å². The van der Waals surface area contributed by atoms with Gasteiger partial charge in [0.2, 0.25) is 5.78 Å². The number of benzene rings is 1. The normalized spacial score (nSPS) is 19.3. The van der Waals surface area contributed by atoms with Crippen LogP contribution in [0.2, 0.25) is 0 Å². The summed E-state index contributed by atoms with van der Waals surface area (Å²) in [7, 11) is 1.37. The van der Waals surface area contributed by atoms with Crippen LogP contribution in [-0.2, 0) is 20.7 Å². The second-order valence-electron chi connectivity index (χ2n) is 8.56. The molecule has 5 nitrogen and oxygen atoms in total. The van der Waals surface area contributed by atoms with Gasteiger partial charge in [0, 0.05) is 11.3 Å². The first-order chi connectivity index (χ1) is 15.4. The first-order valence-electron chi connectivity index (χ1n) is 11.5. The molecule has 1 aromatic carbocycles. The number of hydrogen-bond acceptors (Lipinski definition) is 6. The molecule has 3 rings (SSSR count). The number of aliphatic hydroxyl groups excluding tert-OH is 1. The SMILES string of the molecule is CCCCCC(O)c1ccc(C2C(=O)C(=O)CC2CCCc2ccc(C(=O)OC)s2)cc1. The molecule has 0 radical (unpaired) electrons. The molecule has 6 heteroatoms. The summed E-state index contributed by atoms with van der Waals surface area (Å²) in [5, 5.41) is 10.4. The lowest BCUT2D eigenvalue weighted by Crippen LogP contribution is -2.15. The van der Waals surface area contributed by atoms with Crippen LogP contribution in [0.4, 0.5) is 0 Å². The van der Waals surface area contributed by atoms with Crippen LogP contribution in [0.15, 0.2) is 36.4 Å². The second kappa shape index (κ2) is 11.5. The minimum absolute atomic E-state index is 0.00429. The van der Waals surface area contributed by atoms with Gasteiger partial charge in [0.1, 0.15) is 4.88 Å². The molecule has 1 N–H and O–H groups in total. The van der Waals surface area contributed by atoms with E-state index in [1.54, 1.807) is 6.07 Å². The van der Waals surface area contributed by atoms with Crippen molar-refractivity contribution in [3.05, 3.63) is 57.3 Å². The number of carbonyl (C=O) groups excluding carboxylic acids is 3. The van der Waals surface area contributed by atoms with E-state index in [1.165, 1.54) is 18.4 Å². The third-order valence-electron chi connectivity index (χ3n) is 6.28. The zero-order valence-electron chi connectivity index (χ0n) is 18.8. The second-order valence-corrected chi connectivity index (χ2v) is 9.73. The highest BCUT2D eigenvalue weighted by Crippen LogP contribution is 2.39. The van der Waals surface area contributed by atoms with Crippen molar-refractivity contribution >= 4 is 28.9 Å². The molecule has 3 atom stereocenters. The summed E-state index contributed by atoms with van der Waals surface area (Å²) in [4.78, 5) is 38.1. The maximum atomic E-state index is 12.6. The minimum atomic E-state index is -0.493. The Morgan fingerprint density at radius 2 is 1.88 bits per heavy atom. The Morgan fingerprint density at radius 3 is 2.56 bits per heavy atom. The van der Waals surface area contributed by atoms with Gasteiger partial charge in [0.15, 0.2) is 5.78 Å². The predicted molar refractivity (Wildman–Crippen MR) is 125 cm³/mol. The average Bonchev–Trinajstić information content (AvgIpc) is 3.38. The Kier molecular flexibility index (Phi) is 8.76. The summed E-state index contributed by atoms with van der Waals surface area (Å²) in [6.07, 6.45) is 6.16. The van der Waals surface area contributed by atoms with Crippen molar-refractivity contribution in [3.8, 4) is 0 Å². The van der Waals surface area contributed by atoms with Crippen molar-refractivity contribution in [1.82, 2.24) is 0 Å². The predicted octanol–water partition coefficient (Wildman–Crippen LogP) is 5.41. The van der Waals surface area contributed by atoms with Gasteiger partial charge in [0.25, 0.3) is 0 Å². The van der Waals surface area contributed by atoms with E-state index in [2.05, 4.69) is 6.92 Å². The molecule has 1 fully saturated rings. The number of rotatable bonds is 11. The summed E-state index contributed by atoms with van der Waals surface area (Å²) in [6.45, 7) is 2.14. The van der Waals surface area contributed by atoms with Crippen LogP contribution in [-0.4, -0.2) is 29.8 Å². The lowest BCUT2D eigenvalue weighted by molar-refractivity contribution is -0.134. The van der Waals surface area contributed by atoms with E-state index in [0.29, 0.717) is 11.3 Å². The smallest absolute Gasteiger partial charge is 0.348 e. The Labute approximate surface area is 193 Å². The number of carbonyl (C=O) groups is 3. The Hall–Kier alpha value is -2.31. The highest BCUT2D eigenvalue weighted by atomic mass is 32.1. The van der Waals surface area contributed by atoms with Crippen molar-refractivity contribution in [2.45, 2.75) is 70.3 Å². The number of aliphatic hydroxyl groups is 1. The number of aryl methyl sites for hydroxylation is 1.